The normalized spacial score (nSPS) is 10.2. The monoisotopic (exact) mass is 323 g/mol. The van der Waals surface area contributed by atoms with Crippen molar-refractivity contribution in [1.82, 2.24) is 15.2 Å². The van der Waals surface area contributed by atoms with Crippen LogP contribution >= 0.6 is 0 Å². The molecule has 1 aromatic heterocycles. The second-order valence-electron chi connectivity index (χ2n) is 5.03. The van der Waals surface area contributed by atoms with E-state index in [9.17, 15) is 9.18 Å². The molecule has 0 atom stereocenters. The molecule has 0 fully saturated rings. The predicted molar refractivity (Wildman–Crippen MR) is 89.2 cm³/mol. The lowest BCUT2D eigenvalue weighted by Gasteiger charge is -2.08. The Kier molecular flexibility index (Phi) is 4.42. The molecule has 3 aromatic rings. The smallest absolute Gasteiger partial charge is 0.249 e. The van der Waals surface area contributed by atoms with Crippen LogP contribution in [-0.4, -0.2) is 21.0 Å². The van der Waals surface area contributed by atoms with Crippen LogP contribution in [0.15, 0.2) is 54.7 Å². The van der Waals surface area contributed by atoms with E-state index in [0.717, 1.165) is 0 Å². The average Bonchev–Trinajstić information content (AvgIpc) is 2.57. The zero-order chi connectivity index (χ0) is 16.9. The fraction of sp³-hybridized carbons (Fsp3) is 0.0588. The zero-order valence-corrected chi connectivity index (χ0v) is 12.8. The SMILES string of the molecule is CC(=O)c1cccc(Nc2cnnc(Nc3ccccc3F)n2)c1. The molecule has 3 rings (SSSR count). The van der Waals surface area contributed by atoms with Crippen molar-refractivity contribution in [1.29, 1.82) is 0 Å². The Morgan fingerprint density at radius 2 is 1.92 bits per heavy atom. The van der Waals surface area contributed by atoms with Gasteiger partial charge in [0.15, 0.2) is 11.6 Å². The lowest BCUT2D eigenvalue weighted by atomic mass is 10.1. The zero-order valence-electron chi connectivity index (χ0n) is 12.8. The summed E-state index contributed by atoms with van der Waals surface area (Å²) in [6.45, 7) is 1.50. The largest absolute Gasteiger partial charge is 0.339 e. The van der Waals surface area contributed by atoms with Crippen LogP contribution in [0.5, 0.6) is 0 Å². The number of Topliss-reactive ketones (excluding diaryl/α,β-unsaturated/α-hetero) is 1. The molecular weight excluding hydrogens is 309 g/mol. The maximum Gasteiger partial charge on any atom is 0.249 e. The molecule has 24 heavy (non-hydrogen) atoms. The molecule has 0 spiro atoms. The molecule has 0 bridgehead atoms. The Hall–Kier alpha value is -3.35. The number of aromatic nitrogens is 3. The number of nitrogens with zero attached hydrogens (tertiary/aromatic N) is 3. The third-order valence-corrected chi connectivity index (χ3v) is 3.22. The van der Waals surface area contributed by atoms with Crippen molar-refractivity contribution in [2.24, 2.45) is 0 Å². The molecule has 0 radical (unpaired) electrons. The summed E-state index contributed by atoms with van der Waals surface area (Å²) in [5.74, 6) is 0.146. The third kappa shape index (κ3) is 3.70. The van der Waals surface area contributed by atoms with Crippen LogP contribution < -0.4 is 10.6 Å². The van der Waals surface area contributed by atoms with Gasteiger partial charge in [-0.15, -0.1) is 5.10 Å². The first-order valence-electron chi connectivity index (χ1n) is 7.21. The molecule has 0 amide bonds. The van der Waals surface area contributed by atoms with Crippen molar-refractivity contribution < 1.29 is 9.18 Å². The molecule has 0 aliphatic rings. The van der Waals surface area contributed by atoms with Gasteiger partial charge in [-0.3, -0.25) is 4.79 Å². The van der Waals surface area contributed by atoms with Crippen LogP contribution in [-0.2, 0) is 0 Å². The number of carbonyl (C=O) groups excluding carboxylic acids is 1. The van der Waals surface area contributed by atoms with Gasteiger partial charge in [0.1, 0.15) is 5.82 Å². The Bertz CT molecular complexity index is 884. The minimum absolute atomic E-state index is 0.0265. The minimum Gasteiger partial charge on any atom is -0.339 e. The number of nitrogens with one attached hydrogen (secondary N) is 2. The van der Waals surface area contributed by atoms with Gasteiger partial charge < -0.3 is 10.6 Å². The number of benzene rings is 2. The Morgan fingerprint density at radius 3 is 2.71 bits per heavy atom. The summed E-state index contributed by atoms with van der Waals surface area (Å²) in [4.78, 5) is 15.7. The standard InChI is InChI=1S/C17H14FN5O/c1-11(24)12-5-4-6-13(9-12)20-16-10-19-23-17(22-16)21-15-8-3-2-7-14(15)18/h2-10H,1H3,(H2,20,21,22,23). The fourth-order valence-electron chi connectivity index (χ4n) is 2.06. The molecule has 6 nitrogen and oxygen atoms in total. The van der Waals surface area contributed by atoms with Crippen molar-refractivity contribution >= 4 is 28.9 Å². The molecule has 1 heterocycles. The summed E-state index contributed by atoms with van der Waals surface area (Å²) in [5.41, 5.74) is 1.54. The quantitative estimate of drug-likeness (QED) is 0.697. The van der Waals surface area contributed by atoms with Gasteiger partial charge in [-0.2, -0.15) is 10.1 Å². The highest BCUT2D eigenvalue weighted by Crippen LogP contribution is 2.19. The first kappa shape index (κ1) is 15.5. The maximum absolute atomic E-state index is 13.7. The molecule has 0 unspecified atom stereocenters. The Balaban J connectivity index is 1.79. The molecule has 0 saturated carbocycles. The Morgan fingerprint density at radius 1 is 1.08 bits per heavy atom. The lowest BCUT2D eigenvalue weighted by Crippen LogP contribution is -2.03. The fourth-order valence-corrected chi connectivity index (χ4v) is 2.06. The van der Waals surface area contributed by atoms with E-state index in [0.29, 0.717) is 17.1 Å². The number of anilines is 4. The second kappa shape index (κ2) is 6.82. The van der Waals surface area contributed by atoms with Crippen LogP contribution in [0.1, 0.15) is 17.3 Å². The van der Waals surface area contributed by atoms with E-state index >= 15 is 0 Å². The highest BCUT2D eigenvalue weighted by Gasteiger charge is 2.06. The van der Waals surface area contributed by atoms with Crippen LogP contribution in [0.2, 0.25) is 0 Å². The Labute approximate surface area is 137 Å². The summed E-state index contributed by atoms with van der Waals surface area (Å²) in [6.07, 6.45) is 1.44. The van der Waals surface area contributed by atoms with E-state index < -0.39 is 5.82 Å². The molecule has 2 N–H and O–H groups in total. The number of rotatable bonds is 5. The van der Waals surface area contributed by atoms with Gasteiger partial charge in [0, 0.05) is 11.3 Å². The number of halogens is 1. The van der Waals surface area contributed by atoms with Crippen molar-refractivity contribution in [3.8, 4) is 0 Å². The summed E-state index contributed by atoms with van der Waals surface area (Å²) >= 11 is 0. The first-order chi connectivity index (χ1) is 11.6. The molecular formula is C17H14FN5O. The van der Waals surface area contributed by atoms with Crippen LogP contribution in [0.3, 0.4) is 0 Å². The molecule has 2 aromatic carbocycles. The van der Waals surface area contributed by atoms with Crippen LogP contribution in [0.25, 0.3) is 0 Å². The van der Waals surface area contributed by atoms with E-state index in [-0.39, 0.29) is 17.4 Å². The third-order valence-electron chi connectivity index (χ3n) is 3.22. The van der Waals surface area contributed by atoms with Gasteiger partial charge in [0.25, 0.3) is 0 Å². The number of hydrogen-bond acceptors (Lipinski definition) is 6. The molecule has 0 saturated heterocycles. The molecule has 120 valence electrons. The van der Waals surface area contributed by atoms with Crippen molar-refractivity contribution in [2.75, 3.05) is 10.6 Å². The highest BCUT2D eigenvalue weighted by molar-refractivity contribution is 5.95. The average molecular weight is 323 g/mol. The van der Waals surface area contributed by atoms with Gasteiger partial charge in [-0.1, -0.05) is 24.3 Å². The topological polar surface area (TPSA) is 79.8 Å². The number of ketones is 1. The van der Waals surface area contributed by atoms with E-state index in [1.807, 2.05) is 0 Å². The van der Waals surface area contributed by atoms with E-state index in [1.54, 1.807) is 42.5 Å². The van der Waals surface area contributed by atoms with E-state index in [2.05, 4.69) is 25.8 Å². The second-order valence-corrected chi connectivity index (χ2v) is 5.03. The van der Waals surface area contributed by atoms with E-state index in [4.69, 9.17) is 0 Å². The number of para-hydroxylation sites is 1. The lowest BCUT2D eigenvalue weighted by molar-refractivity contribution is 0.101. The highest BCUT2D eigenvalue weighted by atomic mass is 19.1. The van der Waals surface area contributed by atoms with Crippen molar-refractivity contribution in [2.45, 2.75) is 6.92 Å². The number of carbonyl (C=O) groups is 1. The maximum atomic E-state index is 13.7. The van der Waals surface area contributed by atoms with Crippen molar-refractivity contribution in [3.05, 3.63) is 66.1 Å². The van der Waals surface area contributed by atoms with Gasteiger partial charge in [0.05, 0.1) is 11.9 Å². The van der Waals surface area contributed by atoms with Crippen LogP contribution in [0.4, 0.5) is 27.5 Å². The van der Waals surface area contributed by atoms with Gasteiger partial charge in [0.2, 0.25) is 5.95 Å². The first-order valence-corrected chi connectivity index (χ1v) is 7.21. The summed E-state index contributed by atoms with van der Waals surface area (Å²) < 4.78 is 13.7. The van der Waals surface area contributed by atoms with E-state index in [1.165, 1.54) is 19.2 Å². The molecule has 0 aliphatic heterocycles. The van der Waals surface area contributed by atoms with Gasteiger partial charge in [-0.25, -0.2) is 4.39 Å². The number of hydrogen-bond donors (Lipinski definition) is 2. The molecule has 7 heteroatoms. The van der Waals surface area contributed by atoms with Crippen LogP contribution in [0, 0.1) is 5.82 Å². The summed E-state index contributed by atoms with van der Waals surface area (Å²) in [6, 6.07) is 13.2. The predicted octanol–water partition coefficient (Wildman–Crippen LogP) is 3.70. The molecule has 0 aliphatic carbocycles. The van der Waals surface area contributed by atoms with Crippen molar-refractivity contribution in [3.63, 3.8) is 0 Å². The minimum atomic E-state index is -0.409. The summed E-state index contributed by atoms with van der Waals surface area (Å²) in [7, 11) is 0. The van der Waals surface area contributed by atoms with Gasteiger partial charge in [-0.05, 0) is 31.2 Å². The summed E-state index contributed by atoms with van der Waals surface area (Å²) in [5, 5.41) is 13.5. The van der Waals surface area contributed by atoms with Gasteiger partial charge >= 0.3 is 0 Å².